The van der Waals surface area contributed by atoms with E-state index in [2.05, 4.69) is 15.5 Å². The van der Waals surface area contributed by atoms with Crippen LogP contribution in [0.1, 0.15) is 21.5 Å². The largest absolute Gasteiger partial charge is 0.366 e. The molecule has 4 aromatic rings. The van der Waals surface area contributed by atoms with Crippen LogP contribution in [-0.2, 0) is 6.54 Å². The lowest BCUT2D eigenvalue weighted by molar-refractivity contribution is 0.100. The molecule has 0 spiro atoms. The van der Waals surface area contributed by atoms with Crippen molar-refractivity contribution >= 4 is 23.1 Å². The maximum atomic E-state index is 11.8. The maximum absolute atomic E-state index is 11.8. The number of carbonyl (C=O) groups excluding carboxylic acids is 1. The average molecular weight is 401 g/mol. The molecule has 0 bridgehead atoms. The monoisotopic (exact) mass is 401 g/mol. The third-order valence-corrected chi connectivity index (χ3v) is 4.87. The smallest absolute Gasteiger partial charge is 0.250 e. The molecule has 0 aliphatic carbocycles. The predicted molar refractivity (Wildman–Crippen MR) is 118 cm³/mol. The van der Waals surface area contributed by atoms with Crippen LogP contribution in [0.4, 0.5) is 11.6 Å². The lowest BCUT2D eigenvalue weighted by Crippen LogP contribution is -2.17. The molecule has 0 radical (unpaired) electrons. The average Bonchev–Trinajstić information content (AvgIpc) is 3.08. The van der Waals surface area contributed by atoms with Gasteiger partial charge in [0.2, 0.25) is 5.82 Å². The number of hydrogen-bond acceptors (Lipinski definition) is 6. The van der Waals surface area contributed by atoms with Gasteiger partial charge in [0.05, 0.1) is 16.8 Å². The van der Waals surface area contributed by atoms with Gasteiger partial charge in [-0.25, -0.2) is 4.98 Å². The van der Waals surface area contributed by atoms with Gasteiger partial charge in [-0.15, -0.1) is 10.2 Å². The van der Waals surface area contributed by atoms with E-state index in [9.17, 15) is 4.79 Å². The Labute approximate surface area is 174 Å². The van der Waals surface area contributed by atoms with Crippen molar-refractivity contribution in [2.75, 3.05) is 24.3 Å². The highest BCUT2D eigenvalue weighted by atomic mass is 16.1. The van der Waals surface area contributed by atoms with Gasteiger partial charge < -0.3 is 20.4 Å². The molecule has 0 saturated carbocycles. The Morgan fingerprint density at radius 3 is 2.60 bits per heavy atom. The van der Waals surface area contributed by atoms with Crippen LogP contribution >= 0.6 is 0 Å². The van der Waals surface area contributed by atoms with Gasteiger partial charge in [0.15, 0.2) is 11.6 Å². The molecule has 0 aliphatic heterocycles. The minimum atomic E-state index is -0.475. The second-order valence-corrected chi connectivity index (χ2v) is 7.26. The molecule has 1 amide bonds. The van der Waals surface area contributed by atoms with Crippen molar-refractivity contribution in [2.24, 2.45) is 5.73 Å². The fourth-order valence-corrected chi connectivity index (χ4v) is 3.44. The Morgan fingerprint density at radius 1 is 1.13 bits per heavy atom. The molecule has 3 heterocycles. The zero-order valence-electron chi connectivity index (χ0n) is 17.1. The predicted octanol–water partition coefficient (Wildman–Crippen LogP) is 2.88. The first-order valence-electron chi connectivity index (χ1n) is 9.56. The Balaban J connectivity index is 1.79. The van der Waals surface area contributed by atoms with Gasteiger partial charge in [0.1, 0.15) is 0 Å². The van der Waals surface area contributed by atoms with Crippen LogP contribution in [0.3, 0.4) is 0 Å². The molecule has 0 saturated heterocycles. The van der Waals surface area contributed by atoms with Crippen molar-refractivity contribution in [3.05, 3.63) is 71.4 Å². The van der Waals surface area contributed by atoms with E-state index >= 15 is 0 Å². The molecule has 152 valence electrons. The van der Waals surface area contributed by atoms with E-state index in [1.165, 1.54) is 0 Å². The molecule has 0 atom stereocenters. The number of hydrogen-bond donors (Lipinski definition) is 2. The molecular formula is C22H23N7O. The van der Waals surface area contributed by atoms with E-state index in [1.54, 1.807) is 12.1 Å². The molecule has 3 N–H and O–H groups in total. The van der Waals surface area contributed by atoms with Gasteiger partial charge in [0, 0.05) is 26.8 Å². The summed E-state index contributed by atoms with van der Waals surface area (Å²) in [5, 5.41) is 12.1. The Bertz CT molecular complexity index is 1220. The number of primary amides is 1. The number of aryl methyl sites for hydroxylation is 1. The molecule has 4 rings (SSSR count). The summed E-state index contributed by atoms with van der Waals surface area (Å²) in [4.78, 5) is 18.5. The van der Waals surface area contributed by atoms with E-state index in [0.29, 0.717) is 29.6 Å². The fourth-order valence-electron chi connectivity index (χ4n) is 3.44. The van der Waals surface area contributed by atoms with Crippen LogP contribution in [0.2, 0.25) is 0 Å². The SMILES string of the molecule is Cc1cc2c(C(N)=O)cccn2c1-c1nnc(N(C)C)c(NCc2ccccc2)n1. The number of amides is 1. The lowest BCUT2D eigenvalue weighted by Gasteiger charge is -2.16. The van der Waals surface area contributed by atoms with Crippen LogP contribution in [0.15, 0.2) is 54.7 Å². The molecule has 0 unspecified atom stereocenters. The normalized spacial score (nSPS) is 10.9. The molecule has 1 aromatic carbocycles. The minimum Gasteiger partial charge on any atom is -0.366 e. The molecule has 3 aromatic heterocycles. The van der Waals surface area contributed by atoms with Gasteiger partial charge >= 0.3 is 0 Å². The van der Waals surface area contributed by atoms with Crippen molar-refractivity contribution in [1.29, 1.82) is 0 Å². The summed E-state index contributed by atoms with van der Waals surface area (Å²) in [6.45, 7) is 2.56. The highest BCUT2D eigenvalue weighted by molar-refractivity contribution is 6.00. The standard InChI is InChI=1S/C22H23N7O/c1-14-12-17-16(19(23)30)10-7-11-29(17)18(14)20-25-21(22(27-26-20)28(2)3)24-13-15-8-5-4-6-9-15/h4-12H,13H2,1-3H3,(H2,23,30)(H,24,25,26). The van der Waals surface area contributed by atoms with Gasteiger partial charge in [-0.2, -0.15) is 0 Å². The first-order valence-corrected chi connectivity index (χ1v) is 9.56. The number of rotatable bonds is 6. The number of nitrogens with two attached hydrogens (primary N) is 1. The zero-order valence-corrected chi connectivity index (χ0v) is 17.1. The number of nitrogens with zero attached hydrogens (tertiary/aromatic N) is 5. The van der Waals surface area contributed by atoms with Gasteiger partial charge in [-0.05, 0) is 36.2 Å². The summed E-state index contributed by atoms with van der Waals surface area (Å²) in [5.74, 6) is 1.27. The van der Waals surface area contributed by atoms with Crippen molar-refractivity contribution < 1.29 is 4.79 Å². The Morgan fingerprint density at radius 2 is 1.90 bits per heavy atom. The third kappa shape index (κ3) is 3.55. The molecule has 8 heteroatoms. The van der Waals surface area contributed by atoms with E-state index in [-0.39, 0.29) is 0 Å². The molecule has 8 nitrogen and oxygen atoms in total. The Hall–Kier alpha value is -3.94. The van der Waals surface area contributed by atoms with Gasteiger partial charge in [-0.1, -0.05) is 30.3 Å². The van der Waals surface area contributed by atoms with E-state index in [1.807, 2.05) is 72.9 Å². The molecular weight excluding hydrogens is 378 g/mol. The van der Waals surface area contributed by atoms with Crippen LogP contribution < -0.4 is 16.0 Å². The van der Waals surface area contributed by atoms with Gasteiger partial charge in [0.25, 0.3) is 5.91 Å². The number of aromatic nitrogens is 4. The highest BCUT2D eigenvalue weighted by Crippen LogP contribution is 2.29. The highest BCUT2D eigenvalue weighted by Gasteiger charge is 2.19. The molecule has 0 fully saturated rings. The number of nitrogens with one attached hydrogen (secondary N) is 1. The van der Waals surface area contributed by atoms with Crippen molar-refractivity contribution in [3.8, 4) is 11.5 Å². The summed E-state index contributed by atoms with van der Waals surface area (Å²) in [6, 6.07) is 15.5. The maximum Gasteiger partial charge on any atom is 0.250 e. The van der Waals surface area contributed by atoms with E-state index < -0.39 is 5.91 Å². The summed E-state index contributed by atoms with van der Waals surface area (Å²) in [6.07, 6.45) is 1.87. The summed E-state index contributed by atoms with van der Waals surface area (Å²) >= 11 is 0. The topological polar surface area (TPSA) is 101 Å². The summed E-state index contributed by atoms with van der Waals surface area (Å²) in [7, 11) is 3.80. The number of carbonyl (C=O) groups is 1. The van der Waals surface area contributed by atoms with Crippen molar-refractivity contribution in [3.63, 3.8) is 0 Å². The minimum absolute atomic E-state index is 0.451. The Kier molecular flexibility index (Phi) is 5.05. The van der Waals surface area contributed by atoms with Crippen LogP contribution in [0.5, 0.6) is 0 Å². The van der Waals surface area contributed by atoms with E-state index in [4.69, 9.17) is 10.7 Å². The fraction of sp³-hybridized carbons (Fsp3) is 0.182. The van der Waals surface area contributed by atoms with Crippen molar-refractivity contribution in [1.82, 2.24) is 19.6 Å². The van der Waals surface area contributed by atoms with Crippen LogP contribution in [0, 0.1) is 6.92 Å². The zero-order chi connectivity index (χ0) is 21.3. The first-order chi connectivity index (χ1) is 14.5. The third-order valence-electron chi connectivity index (χ3n) is 4.87. The van der Waals surface area contributed by atoms with Crippen LogP contribution in [-0.4, -0.2) is 39.6 Å². The molecule has 0 aliphatic rings. The second-order valence-electron chi connectivity index (χ2n) is 7.26. The summed E-state index contributed by atoms with van der Waals surface area (Å²) in [5.41, 5.74) is 9.55. The summed E-state index contributed by atoms with van der Waals surface area (Å²) < 4.78 is 1.88. The second kappa shape index (κ2) is 7.82. The van der Waals surface area contributed by atoms with Gasteiger partial charge in [-0.3, -0.25) is 4.79 Å². The number of fused-ring (bicyclic) bond motifs is 1. The number of benzene rings is 1. The lowest BCUT2D eigenvalue weighted by atomic mass is 10.2. The first kappa shape index (κ1) is 19.4. The number of anilines is 2. The van der Waals surface area contributed by atoms with Crippen molar-refractivity contribution in [2.45, 2.75) is 13.5 Å². The quantitative estimate of drug-likeness (QED) is 0.515. The van der Waals surface area contributed by atoms with Crippen LogP contribution in [0.25, 0.3) is 17.0 Å². The number of pyridine rings is 1. The molecule has 30 heavy (non-hydrogen) atoms. The van der Waals surface area contributed by atoms with E-state index in [0.717, 1.165) is 22.3 Å².